The molecule has 2 heterocycles. The summed E-state index contributed by atoms with van der Waals surface area (Å²) in [6, 6.07) is 9.83. The second-order valence-corrected chi connectivity index (χ2v) is 7.83. The molecule has 6 nitrogen and oxygen atoms in total. The van der Waals surface area contributed by atoms with E-state index in [0.717, 1.165) is 57.4 Å². The summed E-state index contributed by atoms with van der Waals surface area (Å²) >= 11 is 0. The summed E-state index contributed by atoms with van der Waals surface area (Å²) in [6.45, 7) is 4.95. The number of rotatable bonds is 7. The Morgan fingerprint density at radius 3 is 2.59 bits per heavy atom. The van der Waals surface area contributed by atoms with Crippen molar-refractivity contribution in [2.24, 2.45) is 5.92 Å². The maximum absolute atomic E-state index is 12.7. The highest BCUT2D eigenvalue weighted by atomic mass is 16.5. The maximum Gasteiger partial charge on any atom is 0.252 e. The van der Waals surface area contributed by atoms with Crippen LogP contribution in [0.2, 0.25) is 0 Å². The number of β-amino-alcohol motifs (C(OH)–C–C–N with tert-alkyl or cyclic N) is 1. The van der Waals surface area contributed by atoms with Crippen LogP contribution in [0.1, 0.15) is 37.4 Å². The minimum Gasteiger partial charge on any atom is -0.387 e. The molecule has 0 aromatic heterocycles. The Morgan fingerprint density at radius 1 is 1.30 bits per heavy atom. The van der Waals surface area contributed by atoms with E-state index in [9.17, 15) is 9.90 Å². The molecule has 2 saturated heterocycles. The molecule has 0 bridgehead atoms. The molecule has 1 atom stereocenters. The molecule has 0 radical (unpaired) electrons. The molecule has 2 aliphatic heterocycles. The highest BCUT2D eigenvalue weighted by Gasteiger charge is 2.39. The second kappa shape index (κ2) is 9.64. The van der Waals surface area contributed by atoms with Crippen LogP contribution in [0.4, 0.5) is 0 Å². The van der Waals surface area contributed by atoms with Gasteiger partial charge < -0.3 is 25.4 Å². The van der Waals surface area contributed by atoms with Crippen molar-refractivity contribution in [3.8, 4) is 0 Å². The Balaban J connectivity index is 1.40. The molecule has 27 heavy (non-hydrogen) atoms. The minimum absolute atomic E-state index is 0.0356. The third-order valence-corrected chi connectivity index (χ3v) is 6.09. The molecule has 0 saturated carbocycles. The number of methoxy groups -OCH3 is 1. The Morgan fingerprint density at radius 2 is 1.96 bits per heavy atom. The van der Waals surface area contributed by atoms with Crippen molar-refractivity contribution in [2.45, 2.75) is 37.4 Å². The predicted octanol–water partition coefficient (Wildman–Crippen LogP) is 1.32. The zero-order chi connectivity index (χ0) is 19.1. The van der Waals surface area contributed by atoms with Gasteiger partial charge in [-0.3, -0.25) is 4.79 Å². The van der Waals surface area contributed by atoms with Crippen LogP contribution in [-0.4, -0.2) is 67.9 Å². The van der Waals surface area contributed by atoms with Gasteiger partial charge in [-0.1, -0.05) is 30.3 Å². The summed E-state index contributed by atoms with van der Waals surface area (Å²) in [4.78, 5) is 15.0. The van der Waals surface area contributed by atoms with Crippen molar-refractivity contribution in [1.29, 1.82) is 0 Å². The van der Waals surface area contributed by atoms with E-state index >= 15 is 0 Å². The zero-order valence-electron chi connectivity index (χ0n) is 16.3. The number of hydrogen-bond donors (Lipinski definition) is 3. The van der Waals surface area contributed by atoms with Gasteiger partial charge >= 0.3 is 0 Å². The number of nitrogens with one attached hydrogen (secondary N) is 2. The lowest BCUT2D eigenvalue weighted by atomic mass is 9.90. The lowest BCUT2D eigenvalue weighted by Gasteiger charge is -2.36. The molecule has 2 fully saturated rings. The quantitative estimate of drug-likeness (QED) is 0.670. The van der Waals surface area contributed by atoms with Crippen LogP contribution in [0, 0.1) is 5.92 Å². The van der Waals surface area contributed by atoms with Gasteiger partial charge in [-0.2, -0.15) is 0 Å². The van der Waals surface area contributed by atoms with Gasteiger partial charge in [-0.15, -0.1) is 0 Å². The van der Waals surface area contributed by atoms with E-state index < -0.39 is 11.7 Å². The number of likely N-dealkylation sites (tertiary alicyclic amines) is 1. The average molecular weight is 376 g/mol. The summed E-state index contributed by atoms with van der Waals surface area (Å²) in [7, 11) is 1.64. The molecule has 3 rings (SSSR count). The Bertz CT molecular complexity index is 582. The first-order valence-electron chi connectivity index (χ1n) is 10.1. The summed E-state index contributed by atoms with van der Waals surface area (Å²) in [5.74, 6) is 0.531. The molecule has 150 valence electrons. The van der Waals surface area contributed by atoms with E-state index in [2.05, 4.69) is 15.5 Å². The van der Waals surface area contributed by atoms with Gasteiger partial charge in [0.2, 0.25) is 0 Å². The first-order chi connectivity index (χ1) is 13.1. The smallest absolute Gasteiger partial charge is 0.252 e. The summed E-state index contributed by atoms with van der Waals surface area (Å²) in [5, 5.41) is 16.8. The molecule has 2 aliphatic rings. The van der Waals surface area contributed by atoms with E-state index in [4.69, 9.17) is 4.74 Å². The largest absolute Gasteiger partial charge is 0.387 e. The van der Waals surface area contributed by atoms with Crippen LogP contribution in [0.25, 0.3) is 0 Å². The number of ether oxygens (including phenoxy) is 1. The van der Waals surface area contributed by atoms with Crippen LogP contribution in [0.3, 0.4) is 0 Å². The SMILES string of the molecule is COC1(C(=O)NCC2CCN(CC(O)c3ccccc3)CC2)CCNCC1. The second-order valence-electron chi connectivity index (χ2n) is 7.83. The first kappa shape index (κ1) is 20.3. The fourth-order valence-electron chi connectivity index (χ4n) is 4.15. The molecule has 3 N–H and O–H groups in total. The number of aliphatic hydroxyl groups excluding tert-OH is 1. The van der Waals surface area contributed by atoms with Gasteiger partial charge in [0.1, 0.15) is 5.60 Å². The fourth-order valence-corrected chi connectivity index (χ4v) is 4.15. The number of amides is 1. The predicted molar refractivity (Wildman–Crippen MR) is 105 cm³/mol. The minimum atomic E-state index is -0.661. The maximum atomic E-state index is 12.7. The number of hydrogen-bond acceptors (Lipinski definition) is 5. The van der Waals surface area contributed by atoms with Crippen molar-refractivity contribution in [3.63, 3.8) is 0 Å². The van der Waals surface area contributed by atoms with E-state index in [1.165, 1.54) is 0 Å². The van der Waals surface area contributed by atoms with E-state index in [0.29, 0.717) is 19.0 Å². The summed E-state index contributed by atoms with van der Waals surface area (Å²) < 4.78 is 5.60. The van der Waals surface area contributed by atoms with Gasteiger partial charge in [0.15, 0.2) is 0 Å². The van der Waals surface area contributed by atoms with Gasteiger partial charge in [-0.05, 0) is 63.3 Å². The highest BCUT2D eigenvalue weighted by Crippen LogP contribution is 2.24. The summed E-state index contributed by atoms with van der Waals surface area (Å²) in [6.07, 6.45) is 3.10. The van der Waals surface area contributed by atoms with Crippen molar-refractivity contribution < 1.29 is 14.6 Å². The lowest BCUT2D eigenvalue weighted by Crippen LogP contribution is -2.55. The van der Waals surface area contributed by atoms with Crippen LogP contribution < -0.4 is 10.6 Å². The molecular weight excluding hydrogens is 342 g/mol. The van der Waals surface area contributed by atoms with Crippen LogP contribution in [0.5, 0.6) is 0 Å². The molecule has 1 aromatic carbocycles. The number of benzene rings is 1. The van der Waals surface area contributed by atoms with Crippen LogP contribution in [-0.2, 0) is 9.53 Å². The third-order valence-electron chi connectivity index (χ3n) is 6.09. The normalized spacial score (nSPS) is 22.3. The standard InChI is InChI=1S/C21H33N3O3/c1-27-21(9-11-22-12-10-21)20(26)23-15-17-7-13-24(14-8-17)16-19(25)18-5-3-2-4-6-18/h2-6,17,19,22,25H,7-16H2,1H3,(H,23,26). The number of carbonyl (C=O) groups is 1. The average Bonchev–Trinajstić information content (AvgIpc) is 2.74. The van der Waals surface area contributed by atoms with Crippen molar-refractivity contribution >= 4 is 5.91 Å². The molecule has 0 spiro atoms. The number of aliphatic hydroxyl groups is 1. The van der Waals surface area contributed by atoms with Gasteiger partial charge in [0, 0.05) is 20.2 Å². The zero-order valence-corrected chi connectivity index (χ0v) is 16.3. The number of carbonyl (C=O) groups excluding carboxylic acids is 1. The van der Waals surface area contributed by atoms with Crippen molar-refractivity contribution in [3.05, 3.63) is 35.9 Å². The van der Waals surface area contributed by atoms with E-state index in [1.807, 2.05) is 30.3 Å². The molecular formula is C21H33N3O3. The number of nitrogens with zero attached hydrogens (tertiary/aromatic N) is 1. The molecule has 0 aliphatic carbocycles. The van der Waals surface area contributed by atoms with Crippen molar-refractivity contribution in [2.75, 3.05) is 46.4 Å². The van der Waals surface area contributed by atoms with Crippen LogP contribution >= 0.6 is 0 Å². The Hall–Kier alpha value is -1.47. The van der Waals surface area contributed by atoms with Crippen molar-refractivity contribution in [1.82, 2.24) is 15.5 Å². The van der Waals surface area contributed by atoms with Crippen LogP contribution in [0.15, 0.2) is 30.3 Å². The highest BCUT2D eigenvalue weighted by molar-refractivity contribution is 5.85. The fraction of sp³-hybridized carbons (Fsp3) is 0.667. The Labute approximate surface area is 162 Å². The van der Waals surface area contributed by atoms with Gasteiger partial charge in [-0.25, -0.2) is 0 Å². The Kier molecular flexibility index (Phi) is 7.24. The first-order valence-corrected chi connectivity index (χ1v) is 10.1. The van der Waals surface area contributed by atoms with E-state index in [-0.39, 0.29) is 5.91 Å². The third kappa shape index (κ3) is 5.29. The summed E-state index contributed by atoms with van der Waals surface area (Å²) in [5.41, 5.74) is 0.310. The lowest BCUT2D eigenvalue weighted by molar-refractivity contribution is -0.147. The monoisotopic (exact) mass is 375 g/mol. The van der Waals surface area contributed by atoms with Gasteiger partial charge in [0.25, 0.3) is 5.91 Å². The molecule has 1 unspecified atom stereocenters. The van der Waals surface area contributed by atoms with E-state index in [1.54, 1.807) is 7.11 Å². The molecule has 1 amide bonds. The molecule has 1 aromatic rings. The molecule has 6 heteroatoms. The topological polar surface area (TPSA) is 73.8 Å². The van der Waals surface area contributed by atoms with Gasteiger partial charge in [0.05, 0.1) is 6.10 Å². The number of piperidine rings is 2.